The van der Waals surface area contributed by atoms with Crippen LogP contribution in [0.15, 0.2) is 29.0 Å². The number of aromatic nitrogens is 1. The highest BCUT2D eigenvalue weighted by Gasteiger charge is 2.14. The molecular weight excluding hydrogens is 210 g/mol. The Morgan fingerprint density at radius 1 is 1.19 bits per heavy atom. The standard InChI is InChI=1S/C11H11NO4/c1-14-9-6-10(15-2)8(13)5-7(9)11-12-3-4-16-11/h3-6,13H,1-2H3. The highest BCUT2D eigenvalue weighted by Crippen LogP contribution is 2.38. The summed E-state index contributed by atoms with van der Waals surface area (Å²) in [7, 11) is 3.00. The number of phenols is 1. The first kappa shape index (κ1) is 10.4. The van der Waals surface area contributed by atoms with Crippen LogP contribution >= 0.6 is 0 Å². The van der Waals surface area contributed by atoms with Crippen LogP contribution in [-0.4, -0.2) is 24.3 Å². The van der Waals surface area contributed by atoms with Crippen molar-refractivity contribution in [1.82, 2.24) is 4.98 Å². The molecule has 5 heteroatoms. The number of methoxy groups -OCH3 is 2. The van der Waals surface area contributed by atoms with E-state index < -0.39 is 0 Å². The predicted octanol–water partition coefficient (Wildman–Crippen LogP) is 2.06. The minimum Gasteiger partial charge on any atom is -0.504 e. The summed E-state index contributed by atoms with van der Waals surface area (Å²) in [5, 5.41) is 9.66. The van der Waals surface area contributed by atoms with Gasteiger partial charge in [0.25, 0.3) is 0 Å². The summed E-state index contributed by atoms with van der Waals surface area (Å²) in [6.07, 6.45) is 2.98. The lowest BCUT2D eigenvalue weighted by Gasteiger charge is -2.09. The van der Waals surface area contributed by atoms with Crippen molar-refractivity contribution in [3.8, 4) is 28.7 Å². The number of benzene rings is 1. The van der Waals surface area contributed by atoms with Crippen molar-refractivity contribution in [2.24, 2.45) is 0 Å². The van der Waals surface area contributed by atoms with Crippen molar-refractivity contribution in [1.29, 1.82) is 0 Å². The van der Waals surface area contributed by atoms with Gasteiger partial charge in [-0.15, -0.1) is 0 Å². The van der Waals surface area contributed by atoms with Crippen LogP contribution in [0.4, 0.5) is 0 Å². The molecule has 0 unspecified atom stereocenters. The maximum Gasteiger partial charge on any atom is 0.229 e. The topological polar surface area (TPSA) is 64.7 Å². The van der Waals surface area contributed by atoms with Gasteiger partial charge in [-0.05, 0) is 0 Å². The summed E-state index contributed by atoms with van der Waals surface area (Å²) >= 11 is 0. The molecule has 0 aliphatic rings. The molecule has 0 radical (unpaired) electrons. The van der Waals surface area contributed by atoms with Crippen LogP contribution in [0.3, 0.4) is 0 Å². The lowest BCUT2D eigenvalue weighted by atomic mass is 10.1. The summed E-state index contributed by atoms with van der Waals surface area (Å²) < 4.78 is 15.3. The summed E-state index contributed by atoms with van der Waals surface area (Å²) in [4.78, 5) is 3.99. The molecule has 0 aliphatic heterocycles. The highest BCUT2D eigenvalue weighted by atomic mass is 16.5. The highest BCUT2D eigenvalue weighted by molar-refractivity contribution is 5.68. The van der Waals surface area contributed by atoms with Crippen LogP contribution in [0.5, 0.6) is 17.2 Å². The summed E-state index contributed by atoms with van der Waals surface area (Å²) in [6.45, 7) is 0. The number of nitrogens with zero attached hydrogens (tertiary/aromatic N) is 1. The summed E-state index contributed by atoms with van der Waals surface area (Å²) in [6, 6.07) is 3.07. The quantitative estimate of drug-likeness (QED) is 0.859. The Bertz CT molecular complexity index is 479. The number of oxazole rings is 1. The Morgan fingerprint density at radius 2 is 1.94 bits per heavy atom. The van der Waals surface area contributed by atoms with Crippen molar-refractivity contribution < 1.29 is 19.0 Å². The van der Waals surface area contributed by atoms with E-state index >= 15 is 0 Å². The van der Waals surface area contributed by atoms with E-state index in [1.165, 1.54) is 32.7 Å². The molecular formula is C11H11NO4. The van der Waals surface area contributed by atoms with E-state index in [0.717, 1.165) is 0 Å². The Kier molecular flexibility index (Phi) is 2.68. The molecule has 16 heavy (non-hydrogen) atoms. The lowest BCUT2D eigenvalue weighted by Crippen LogP contribution is -1.91. The molecule has 0 saturated heterocycles. The number of aromatic hydroxyl groups is 1. The first-order chi connectivity index (χ1) is 7.76. The van der Waals surface area contributed by atoms with Crippen molar-refractivity contribution in [2.45, 2.75) is 0 Å². The molecule has 0 atom stereocenters. The fourth-order valence-corrected chi connectivity index (χ4v) is 1.41. The van der Waals surface area contributed by atoms with E-state index in [9.17, 15) is 5.11 Å². The van der Waals surface area contributed by atoms with Gasteiger partial charge in [0.1, 0.15) is 12.0 Å². The van der Waals surface area contributed by atoms with Gasteiger partial charge >= 0.3 is 0 Å². The van der Waals surface area contributed by atoms with Gasteiger partial charge in [-0.2, -0.15) is 0 Å². The van der Waals surface area contributed by atoms with E-state index in [1.807, 2.05) is 0 Å². The molecule has 5 nitrogen and oxygen atoms in total. The van der Waals surface area contributed by atoms with Gasteiger partial charge in [-0.1, -0.05) is 0 Å². The van der Waals surface area contributed by atoms with Crippen LogP contribution in [0.25, 0.3) is 11.5 Å². The van der Waals surface area contributed by atoms with Crippen LogP contribution in [-0.2, 0) is 0 Å². The minimum atomic E-state index is 0.0106. The van der Waals surface area contributed by atoms with Crippen LogP contribution < -0.4 is 9.47 Å². The zero-order chi connectivity index (χ0) is 11.5. The van der Waals surface area contributed by atoms with Crippen LogP contribution in [0.2, 0.25) is 0 Å². The molecule has 2 aromatic rings. The number of ether oxygens (including phenoxy) is 2. The summed E-state index contributed by atoms with van der Waals surface area (Å²) in [5.41, 5.74) is 0.575. The van der Waals surface area contributed by atoms with Gasteiger partial charge in [0.05, 0.1) is 26.0 Å². The molecule has 1 aromatic carbocycles. The first-order valence-corrected chi connectivity index (χ1v) is 4.61. The van der Waals surface area contributed by atoms with Gasteiger partial charge < -0.3 is 19.0 Å². The third-order valence-corrected chi connectivity index (χ3v) is 2.16. The fourth-order valence-electron chi connectivity index (χ4n) is 1.41. The Hall–Kier alpha value is -2.17. The number of hydrogen-bond donors (Lipinski definition) is 1. The zero-order valence-electron chi connectivity index (χ0n) is 8.93. The van der Waals surface area contributed by atoms with E-state index in [4.69, 9.17) is 13.9 Å². The van der Waals surface area contributed by atoms with Crippen molar-refractivity contribution in [3.63, 3.8) is 0 Å². The number of hydrogen-bond acceptors (Lipinski definition) is 5. The second kappa shape index (κ2) is 4.14. The van der Waals surface area contributed by atoms with Gasteiger partial charge in [0.15, 0.2) is 11.5 Å². The molecule has 2 rings (SSSR count). The normalized spacial score (nSPS) is 10.1. The molecule has 1 aromatic heterocycles. The molecule has 0 spiro atoms. The molecule has 84 valence electrons. The second-order valence-corrected chi connectivity index (χ2v) is 3.06. The zero-order valence-corrected chi connectivity index (χ0v) is 8.93. The largest absolute Gasteiger partial charge is 0.504 e. The minimum absolute atomic E-state index is 0.0106. The molecule has 1 N–H and O–H groups in total. The number of rotatable bonds is 3. The monoisotopic (exact) mass is 221 g/mol. The SMILES string of the molecule is COc1cc(OC)c(-c2ncco2)cc1O. The third kappa shape index (κ3) is 1.67. The second-order valence-electron chi connectivity index (χ2n) is 3.06. The van der Waals surface area contributed by atoms with Crippen LogP contribution in [0.1, 0.15) is 0 Å². The van der Waals surface area contributed by atoms with Crippen molar-refractivity contribution in [3.05, 3.63) is 24.6 Å². The van der Waals surface area contributed by atoms with E-state index in [0.29, 0.717) is 23.0 Å². The van der Waals surface area contributed by atoms with E-state index in [-0.39, 0.29) is 5.75 Å². The number of phenolic OH excluding ortho intramolecular Hbond substituents is 1. The average molecular weight is 221 g/mol. The fraction of sp³-hybridized carbons (Fsp3) is 0.182. The maximum atomic E-state index is 9.66. The summed E-state index contributed by atoms with van der Waals surface area (Å²) in [5.74, 6) is 1.26. The molecule has 0 saturated carbocycles. The molecule has 0 amide bonds. The van der Waals surface area contributed by atoms with Crippen molar-refractivity contribution >= 4 is 0 Å². The molecule has 0 fully saturated rings. The lowest BCUT2D eigenvalue weighted by molar-refractivity contribution is 0.364. The first-order valence-electron chi connectivity index (χ1n) is 4.61. The average Bonchev–Trinajstić information content (AvgIpc) is 2.82. The van der Waals surface area contributed by atoms with Crippen LogP contribution in [0, 0.1) is 0 Å². The van der Waals surface area contributed by atoms with Gasteiger partial charge in [-0.3, -0.25) is 0 Å². The van der Waals surface area contributed by atoms with E-state index in [2.05, 4.69) is 4.98 Å². The Balaban J connectivity index is 2.57. The molecule has 1 heterocycles. The Labute approximate surface area is 92.3 Å². The van der Waals surface area contributed by atoms with E-state index in [1.54, 1.807) is 6.07 Å². The van der Waals surface area contributed by atoms with Gasteiger partial charge in [0, 0.05) is 12.1 Å². The molecule has 0 bridgehead atoms. The molecule has 0 aliphatic carbocycles. The maximum absolute atomic E-state index is 9.66. The predicted molar refractivity (Wildman–Crippen MR) is 56.7 cm³/mol. The smallest absolute Gasteiger partial charge is 0.229 e. The third-order valence-electron chi connectivity index (χ3n) is 2.16. The van der Waals surface area contributed by atoms with Crippen molar-refractivity contribution in [2.75, 3.05) is 14.2 Å². The van der Waals surface area contributed by atoms with Gasteiger partial charge in [-0.25, -0.2) is 4.98 Å². The van der Waals surface area contributed by atoms with Gasteiger partial charge in [0.2, 0.25) is 5.89 Å². The Morgan fingerprint density at radius 3 is 2.50 bits per heavy atom.